The fraction of sp³-hybridized carbons (Fsp3) is 0.0435. The number of halogens is 3. The SMILES string of the molecule is O=C(N/N=C/c1cc(Br)ccc1OCc1ccccc1F)c1cc2cc(Br)ccc2o1. The molecule has 0 spiro atoms. The summed E-state index contributed by atoms with van der Waals surface area (Å²) in [7, 11) is 0. The average Bonchev–Trinajstić information content (AvgIpc) is 3.17. The molecule has 156 valence electrons. The molecule has 4 rings (SSSR count). The van der Waals surface area contributed by atoms with Gasteiger partial charge in [0.05, 0.1) is 6.21 Å². The van der Waals surface area contributed by atoms with Crippen molar-refractivity contribution in [2.75, 3.05) is 0 Å². The number of nitrogens with one attached hydrogen (secondary N) is 1. The number of hydrogen-bond donors (Lipinski definition) is 1. The molecular formula is C23H15Br2FN2O3. The van der Waals surface area contributed by atoms with Crippen LogP contribution in [0.15, 0.2) is 85.2 Å². The Morgan fingerprint density at radius 2 is 1.84 bits per heavy atom. The Morgan fingerprint density at radius 1 is 1.06 bits per heavy atom. The van der Waals surface area contributed by atoms with Crippen LogP contribution in [0.25, 0.3) is 11.0 Å². The van der Waals surface area contributed by atoms with Gasteiger partial charge in [-0.15, -0.1) is 0 Å². The Balaban J connectivity index is 1.47. The molecule has 0 aliphatic rings. The van der Waals surface area contributed by atoms with Crippen LogP contribution in [0.2, 0.25) is 0 Å². The van der Waals surface area contributed by atoms with Crippen molar-refractivity contribution in [2.45, 2.75) is 6.61 Å². The smallest absolute Gasteiger partial charge is 0.307 e. The predicted molar refractivity (Wildman–Crippen MR) is 124 cm³/mol. The second-order valence-electron chi connectivity index (χ2n) is 6.55. The Labute approximate surface area is 194 Å². The van der Waals surface area contributed by atoms with Gasteiger partial charge in [0.25, 0.3) is 0 Å². The summed E-state index contributed by atoms with van der Waals surface area (Å²) in [6, 6.07) is 18.9. The second-order valence-corrected chi connectivity index (χ2v) is 8.39. The summed E-state index contributed by atoms with van der Waals surface area (Å²) < 4.78 is 26.9. The number of rotatable bonds is 6. The molecule has 1 N–H and O–H groups in total. The molecule has 1 heterocycles. The zero-order valence-electron chi connectivity index (χ0n) is 15.9. The highest BCUT2D eigenvalue weighted by Gasteiger charge is 2.12. The number of nitrogens with zero attached hydrogens (tertiary/aromatic N) is 1. The molecule has 0 aliphatic heterocycles. The molecule has 1 amide bonds. The molecule has 5 nitrogen and oxygen atoms in total. The van der Waals surface area contributed by atoms with Crippen LogP contribution in [0.1, 0.15) is 21.7 Å². The van der Waals surface area contributed by atoms with E-state index in [-0.39, 0.29) is 18.2 Å². The molecule has 0 atom stereocenters. The van der Waals surface area contributed by atoms with Gasteiger partial charge in [0.1, 0.15) is 23.8 Å². The first-order chi connectivity index (χ1) is 15.0. The van der Waals surface area contributed by atoms with Crippen molar-refractivity contribution in [3.8, 4) is 5.75 Å². The Kier molecular flexibility index (Phi) is 6.48. The lowest BCUT2D eigenvalue weighted by molar-refractivity contribution is 0.0929. The second kappa shape index (κ2) is 9.45. The fourth-order valence-corrected chi connectivity index (χ4v) is 3.62. The minimum atomic E-state index is -0.479. The molecule has 8 heteroatoms. The highest BCUT2D eigenvalue weighted by atomic mass is 79.9. The Hall–Kier alpha value is -2.97. The molecule has 0 unspecified atom stereocenters. The van der Waals surface area contributed by atoms with Crippen molar-refractivity contribution in [1.29, 1.82) is 0 Å². The Morgan fingerprint density at radius 3 is 2.68 bits per heavy atom. The van der Waals surface area contributed by atoms with Crippen LogP contribution in [0, 0.1) is 5.82 Å². The molecule has 0 aliphatic carbocycles. The highest BCUT2D eigenvalue weighted by molar-refractivity contribution is 9.10. The van der Waals surface area contributed by atoms with E-state index in [9.17, 15) is 9.18 Å². The van der Waals surface area contributed by atoms with E-state index < -0.39 is 5.91 Å². The predicted octanol–water partition coefficient (Wildman–Crippen LogP) is 6.44. The monoisotopic (exact) mass is 544 g/mol. The van der Waals surface area contributed by atoms with Gasteiger partial charge in [-0.05, 0) is 48.5 Å². The summed E-state index contributed by atoms with van der Waals surface area (Å²) in [4.78, 5) is 12.4. The molecule has 0 saturated heterocycles. The van der Waals surface area contributed by atoms with Crippen molar-refractivity contribution >= 4 is 55.0 Å². The molecule has 1 aromatic heterocycles. The summed E-state index contributed by atoms with van der Waals surface area (Å²) in [5.41, 5.74) is 4.10. The number of carbonyl (C=O) groups is 1. The van der Waals surface area contributed by atoms with E-state index in [1.807, 2.05) is 12.1 Å². The zero-order valence-corrected chi connectivity index (χ0v) is 19.1. The number of fused-ring (bicyclic) bond motifs is 1. The minimum absolute atomic E-state index is 0.0655. The first kappa shape index (κ1) is 21.3. The molecule has 4 aromatic rings. The first-order valence-electron chi connectivity index (χ1n) is 9.18. The number of hydrogen-bond acceptors (Lipinski definition) is 4. The van der Waals surface area contributed by atoms with Crippen LogP contribution in [0.5, 0.6) is 5.75 Å². The van der Waals surface area contributed by atoms with Gasteiger partial charge in [-0.3, -0.25) is 4.79 Å². The van der Waals surface area contributed by atoms with Crippen molar-refractivity contribution in [2.24, 2.45) is 5.10 Å². The van der Waals surface area contributed by atoms with Gasteiger partial charge in [0, 0.05) is 25.5 Å². The van der Waals surface area contributed by atoms with Gasteiger partial charge >= 0.3 is 5.91 Å². The van der Waals surface area contributed by atoms with Gasteiger partial charge in [0.15, 0.2) is 5.76 Å². The standard InChI is InChI=1S/C23H15Br2FN2O3/c24-17-6-8-21-15(9-17)11-22(31-21)23(29)28-27-12-16-10-18(25)5-7-20(16)30-13-14-3-1-2-4-19(14)26/h1-12H,13H2,(H,28,29)/b27-12+. The third kappa shape index (κ3) is 5.21. The number of hydrazone groups is 1. The van der Waals surface area contributed by atoms with Crippen LogP contribution in [0.4, 0.5) is 4.39 Å². The maximum atomic E-state index is 13.8. The first-order valence-corrected chi connectivity index (χ1v) is 10.8. The molecule has 31 heavy (non-hydrogen) atoms. The number of benzene rings is 3. The van der Waals surface area contributed by atoms with Gasteiger partial charge < -0.3 is 9.15 Å². The van der Waals surface area contributed by atoms with Crippen molar-refractivity contribution < 1.29 is 18.3 Å². The molecule has 0 radical (unpaired) electrons. The van der Waals surface area contributed by atoms with Crippen LogP contribution >= 0.6 is 31.9 Å². The van der Waals surface area contributed by atoms with E-state index in [1.54, 1.807) is 48.5 Å². The number of ether oxygens (including phenoxy) is 1. The van der Waals surface area contributed by atoms with E-state index in [4.69, 9.17) is 9.15 Å². The van der Waals surface area contributed by atoms with Crippen molar-refractivity contribution in [1.82, 2.24) is 5.43 Å². The minimum Gasteiger partial charge on any atom is -0.488 e. The van der Waals surface area contributed by atoms with E-state index in [0.29, 0.717) is 22.5 Å². The lowest BCUT2D eigenvalue weighted by Crippen LogP contribution is -2.16. The molecule has 3 aromatic carbocycles. The summed E-state index contributed by atoms with van der Waals surface area (Å²) in [6.45, 7) is 0.0655. The van der Waals surface area contributed by atoms with Crippen LogP contribution in [-0.4, -0.2) is 12.1 Å². The highest BCUT2D eigenvalue weighted by Crippen LogP contribution is 2.24. The zero-order chi connectivity index (χ0) is 21.8. The summed E-state index contributed by atoms with van der Waals surface area (Å²) in [5.74, 6) is -0.166. The van der Waals surface area contributed by atoms with Crippen LogP contribution in [-0.2, 0) is 6.61 Å². The van der Waals surface area contributed by atoms with Gasteiger partial charge in [-0.2, -0.15) is 5.10 Å². The third-order valence-corrected chi connectivity index (χ3v) is 5.37. The Bertz CT molecular complexity index is 1290. The lowest BCUT2D eigenvalue weighted by atomic mass is 10.2. The summed E-state index contributed by atoms with van der Waals surface area (Å²) >= 11 is 6.79. The quantitative estimate of drug-likeness (QED) is 0.224. The maximum Gasteiger partial charge on any atom is 0.307 e. The molecule has 0 fully saturated rings. The largest absolute Gasteiger partial charge is 0.488 e. The van der Waals surface area contributed by atoms with Gasteiger partial charge in [-0.1, -0.05) is 50.1 Å². The average molecular weight is 546 g/mol. The normalized spacial score (nSPS) is 11.2. The maximum absolute atomic E-state index is 13.8. The third-order valence-electron chi connectivity index (χ3n) is 4.38. The lowest BCUT2D eigenvalue weighted by Gasteiger charge is -2.10. The van der Waals surface area contributed by atoms with Gasteiger partial charge in [0.2, 0.25) is 0 Å². The number of amides is 1. The van der Waals surface area contributed by atoms with Gasteiger partial charge in [-0.25, -0.2) is 9.82 Å². The molecule has 0 bridgehead atoms. The van der Waals surface area contributed by atoms with E-state index >= 15 is 0 Å². The fourth-order valence-electron chi connectivity index (χ4n) is 2.86. The summed E-state index contributed by atoms with van der Waals surface area (Å²) in [6.07, 6.45) is 1.46. The molecule has 0 saturated carbocycles. The van der Waals surface area contributed by atoms with Crippen LogP contribution < -0.4 is 10.2 Å². The summed E-state index contributed by atoms with van der Waals surface area (Å²) in [5, 5.41) is 4.82. The topological polar surface area (TPSA) is 63.8 Å². The molecular weight excluding hydrogens is 531 g/mol. The van der Waals surface area contributed by atoms with Crippen molar-refractivity contribution in [3.05, 3.63) is 98.4 Å². The van der Waals surface area contributed by atoms with E-state index in [1.165, 1.54) is 12.3 Å². The van der Waals surface area contributed by atoms with Crippen molar-refractivity contribution in [3.63, 3.8) is 0 Å². The van der Waals surface area contributed by atoms with Crippen LogP contribution in [0.3, 0.4) is 0 Å². The number of carbonyl (C=O) groups excluding carboxylic acids is 1. The van der Waals surface area contributed by atoms with E-state index in [2.05, 4.69) is 42.4 Å². The number of furan rings is 1. The van der Waals surface area contributed by atoms with E-state index in [0.717, 1.165) is 14.3 Å².